The topological polar surface area (TPSA) is 60.2 Å². The van der Waals surface area contributed by atoms with Crippen molar-refractivity contribution >= 4 is 49.1 Å². The van der Waals surface area contributed by atoms with Gasteiger partial charge in [0, 0.05) is 15.0 Å². The molecule has 0 saturated carbocycles. The predicted octanol–water partition coefficient (Wildman–Crippen LogP) is 3.94. The van der Waals surface area contributed by atoms with Crippen molar-refractivity contribution in [3.05, 3.63) is 39.3 Å². The Hall–Kier alpha value is -1.27. The normalized spacial score (nSPS) is 10.2. The van der Waals surface area contributed by atoms with Gasteiger partial charge >= 0.3 is 0 Å². The quantitative estimate of drug-likeness (QED) is 0.856. The molecule has 0 atom stereocenters. The van der Waals surface area contributed by atoms with E-state index in [1.165, 1.54) is 0 Å². The molecule has 0 saturated heterocycles. The van der Waals surface area contributed by atoms with Gasteiger partial charge in [0.15, 0.2) is 5.82 Å². The minimum atomic E-state index is 0.509. The molecule has 2 rings (SSSR count). The molecule has 0 aliphatic heterocycles. The van der Waals surface area contributed by atoms with Crippen molar-refractivity contribution in [2.45, 2.75) is 0 Å². The van der Waals surface area contributed by atoms with Gasteiger partial charge in [0.05, 0.1) is 18.5 Å². The Morgan fingerprint density at radius 1 is 1.17 bits per heavy atom. The summed E-state index contributed by atoms with van der Waals surface area (Å²) < 4.78 is 6.91. The summed E-state index contributed by atoms with van der Waals surface area (Å²) in [6.07, 6.45) is 0. The molecule has 6 heteroatoms. The Balaban J connectivity index is 2.39. The number of pyridine rings is 1. The Morgan fingerprint density at radius 3 is 2.44 bits per heavy atom. The molecule has 1 aromatic carbocycles. The van der Waals surface area contributed by atoms with Gasteiger partial charge in [-0.25, -0.2) is 0 Å². The number of para-hydroxylation sites is 1. The maximum atomic E-state index is 5.88. The van der Waals surface area contributed by atoms with E-state index < -0.39 is 0 Å². The maximum absolute atomic E-state index is 5.88. The van der Waals surface area contributed by atoms with E-state index in [-0.39, 0.29) is 0 Å². The summed E-state index contributed by atoms with van der Waals surface area (Å²) in [6, 6.07) is 9.27. The first kappa shape index (κ1) is 13.2. The minimum absolute atomic E-state index is 0.509. The van der Waals surface area contributed by atoms with Gasteiger partial charge in [-0.05, 0) is 50.1 Å². The number of nitrogens with zero attached hydrogens (tertiary/aromatic N) is 1. The van der Waals surface area contributed by atoms with Crippen LogP contribution in [0.2, 0.25) is 0 Å². The van der Waals surface area contributed by atoms with E-state index in [0.717, 1.165) is 14.6 Å². The van der Waals surface area contributed by atoms with E-state index >= 15 is 0 Å². The van der Waals surface area contributed by atoms with Crippen molar-refractivity contribution in [1.29, 1.82) is 0 Å². The standard InChI is InChI=1S/C12H11Br2N3O/c1-18-10-6-5-9(15)12(16-10)17-11-7(13)3-2-4-8(11)14/h2-6H,15H2,1H3,(H,16,17). The van der Waals surface area contributed by atoms with E-state index in [4.69, 9.17) is 10.5 Å². The van der Waals surface area contributed by atoms with E-state index in [1.807, 2.05) is 18.2 Å². The van der Waals surface area contributed by atoms with Crippen molar-refractivity contribution in [2.24, 2.45) is 0 Å². The van der Waals surface area contributed by atoms with E-state index in [1.54, 1.807) is 19.2 Å². The molecule has 0 radical (unpaired) electrons. The third-order valence-corrected chi connectivity index (χ3v) is 3.64. The Morgan fingerprint density at radius 2 is 1.83 bits per heavy atom. The second-order valence-electron chi connectivity index (χ2n) is 3.51. The lowest BCUT2D eigenvalue weighted by atomic mass is 10.3. The lowest BCUT2D eigenvalue weighted by Crippen LogP contribution is -2.01. The van der Waals surface area contributed by atoms with Crippen molar-refractivity contribution < 1.29 is 4.74 Å². The molecule has 0 fully saturated rings. The number of rotatable bonds is 3. The van der Waals surface area contributed by atoms with Crippen LogP contribution >= 0.6 is 31.9 Å². The first-order chi connectivity index (χ1) is 8.61. The predicted molar refractivity (Wildman–Crippen MR) is 80.3 cm³/mol. The second-order valence-corrected chi connectivity index (χ2v) is 5.22. The second kappa shape index (κ2) is 5.58. The van der Waals surface area contributed by atoms with Crippen LogP contribution in [0.15, 0.2) is 39.3 Å². The molecule has 3 N–H and O–H groups in total. The summed E-state index contributed by atoms with van der Waals surface area (Å²) >= 11 is 6.94. The van der Waals surface area contributed by atoms with Crippen LogP contribution in [-0.4, -0.2) is 12.1 Å². The number of halogens is 2. The van der Waals surface area contributed by atoms with Gasteiger partial charge in [0.1, 0.15) is 0 Å². The Bertz CT molecular complexity index is 555. The summed E-state index contributed by atoms with van der Waals surface area (Å²) in [5.74, 6) is 1.07. The van der Waals surface area contributed by atoms with Crippen molar-refractivity contribution in [1.82, 2.24) is 4.98 Å². The van der Waals surface area contributed by atoms with Crippen LogP contribution in [0.1, 0.15) is 0 Å². The lowest BCUT2D eigenvalue weighted by Gasteiger charge is -2.12. The molecule has 0 spiro atoms. The van der Waals surface area contributed by atoms with Gasteiger partial charge in [0.25, 0.3) is 0 Å². The van der Waals surface area contributed by atoms with Crippen molar-refractivity contribution in [2.75, 3.05) is 18.2 Å². The van der Waals surface area contributed by atoms with E-state index in [2.05, 4.69) is 42.2 Å². The third kappa shape index (κ3) is 2.76. The number of nitrogen functional groups attached to an aromatic ring is 1. The summed E-state index contributed by atoms with van der Waals surface area (Å²) in [6.45, 7) is 0. The number of hydrogen-bond donors (Lipinski definition) is 2. The molecule has 94 valence electrons. The van der Waals surface area contributed by atoms with Gasteiger partial charge in [-0.3, -0.25) is 0 Å². The van der Waals surface area contributed by atoms with Crippen LogP contribution < -0.4 is 15.8 Å². The minimum Gasteiger partial charge on any atom is -0.481 e. The fourth-order valence-corrected chi connectivity index (χ4v) is 2.60. The van der Waals surface area contributed by atoms with Crippen LogP contribution in [0.4, 0.5) is 17.2 Å². The van der Waals surface area contributed by atoms with Crippen LogP contribution in [-0.2, 0) is 0 Å². The van der Waals surface area contributed by atoms with Gasteiger partial charge in [-0.2, -0.15) is 4.98 Å². The number of nitrogens with two attached hydrogens (primary N) is 1. The molecule has 0 aliphatic carbocycles. The first-order valence-corrected chi connectivity index (χ1v) is 6.72. The first-order valence-electron chi connectivity index (χ1n) is 5.13. The van der Waals surface area contributed by atoms with E-state index in [0.29, 0.717) is 17.4 Å². The Labute approximate surface area is 122 Å². The molecule has 1 aromatic heterocycles. The molecule has 0 bridgehead atoms. The smallest absolute Gasteiger partial charge is 0.215 e. The molecule has 18 heavy (non-hydrogen) atoms. The largest absolute Gasteiger partial charge is 0.481 e. The highest BCUT2D eigenvalue weighted by molar-refractivity contribution is 9.11. The molecule has 4 nitrogen and oxygen atoms in total. The SMILES string of the molecule is COc1ccc(N)c(Nc2c(Br)cccc2Br)n1. The summed E-state index contributed by atoms with van der Waals surface area (Å²) in [4.78, 5) is 4.27. The van der Waals surface area contributed by atoms with Crippen LogP contribution in [0.5, 0.6) is 5.88 Å². The fourth-order valence-electron chi connectivity index (χ4n) is 1.40. The van der Waals surface area contributed by atoms with Gasteiger partial charge in [-0.15, -0.1) is 0 Å². The molecular weight excluding hydrogens is 362 g/mol. The monoisotopic (exact) mass is 371 g/mol. The number of anilines is 3. The average molecular weight is 373 g/mol. The average Bonchev–Trinajstić information content (AvgIpc) is 2.36. The maximum Gasteiger partial charge on any atom is 0.215 e. The molecular formula is C12H11Br2N3O. The van der Waals surface area contributed by atoms with Crippen LogP contribution in [0.3, 0.4) is 0 Å². The zero-order chi connectivity index (χ0) is 13.1. The number of methoxy groups -OCH3 is 1. The Kier molecular flexibility index (Phi) is 4.08. The highest BCUT2D eigenvalue weighted by Gasteiger charge is 2.09. The lowest BCUT2D eigenvalue weighted by molar-refractivity contribution is 0.398. The number of nitrogens with one attached hydrogen (secondary N) is 1. The number of benzene rings is 1. The fraction of sp³-hybridized carbons (Fsp3) is 0.0833. The molecule has 0 aliphatic rings. The van der Waals surface area contributed by atoms with E-state index in [9.17, 15) is 0 Å². The van der Waals surface area contributed by atoms with Gasteiger partial charge in [-0.1, -0.05) is 6.07 Å². The van der Waals surface area contributed by atoms with Crippen molar-refractivity contribution in [3.63, 3.8) is 0 Å². The van der Waals surface area contributed by atoms with Crippen LogP contribution in [0, 0.1) is 0 Å². The highest BCUT2D eigenvalue weighted by atomic mass is 79.9. The van der Waals surface area contributed by atoms with Crippen LogP contribution in [0.25, 0.3) is 0 Å². The van der Waals surface area contributed by atoms with Gasteiger partial charge in [0.2, 0.25) is 5.88 Å². The summed E-state index contributed by atoms with van der Waals surface area (Å²) in [5, 5.41) is 3.17. The number of hydrogen-bond acceptors (Lipinski definition) is 4. The summed E-state index contributed by atoms with van der Waals surface area (Å²) in [5.41, 5.74) is 7.30. The molecule has 0 amide bonds. The number of aromatic nitrogens is 1. The molecule has 2 aromatic rings. The van der Waals surface area contributed by atoms with Crippen molar-refractivity contribution in [3.8, 4) is 5.88 Å². The zero-order valence-corrected chi connectivity index (χ0v) is 12.7. The third-order valence-electron chi connectivity index (χ3n) is 2.32. The van der Waals surface area contributed by atoms with Gasteiger partial charge < -0.3 is 15.8 Å². The number of ether oxygens (including phenoxy) is 1. The highest BCUT2D eigenvalue weighted by Crippen LogP contribution is 2.34. The summed E-state index contributed by atoms with van der Waals surface area (Å²) in [7, 11) is 1.57. The molecule has 0 unspecified atom stereocenters. The molecule has 1 heterocycles. The zero-order valence-electron chi connectivity index (χ0n) is 9.58.